The molecule has 0 saturated heterocycles. The Labute approximate surface area is 115 Å². The van der Waals surface area contributed by atoms with Gasteiger partial charge < -0.3 is 10.3 Å². The molecule has 0 amide bonds. The van der Waals surface area contributed by atoms with Gasteiger partial charge in [-0.05, 0) is 30.9 Å². The van der Waals surface area contributed by atoms with Crippen LogP contribution in [-0.2, 0) is 13.0 Å². The molecule has 19 heavy (non-hydrogen) atoms. The second-order valence-electron chi connectivity index (χ2n) is 5.73. The van der Waals surface area contributed by atoms with Crippen LogP contribution in [0.1, 0.15) is 33.5 Å². The van der Waals surface area contributed by atoms with Crippen LogP contribution in [0.2, 0.25) is 0 Å². The maximum Gasteiger partial charge on any atom is 0.111 e. The van der Waals surface area contributed by atoms with E-state index in [0.29, 0.717) is 11.8 Å². The van der Waals surface area contributed by atoms with Crippen molar-refractivity contribution in [3.8, 4) is 0 Å². The van der Waals surface area contributed by atoms with Crippen LogP contribution >= 0.6 is 0 Å². The van der Waals surface area contributed by atoms with Crippen molar-refractivity contribution in [1.82, 2.24) is 9.55 Å². The van der Waals surface area contributed by atoms with E-state index in [0.717, 1.165) is 24.3 Å². The third kappa shape index (κ3) is 2.81. The minimum absolute atomic E-state index is 0.169. The Bertz CT molecular complexity index is 542. The number of imidazole rings is 1. The van der Waals surface area contributed by atoms with Crippen molar-refractivity contribution >= 4 is 11.0 Å². The van der Waals surface area contributed by atoms with Gasteiger partial charge in [0.2, 0.25) is 0 Å². The highest BCUT2D eigenvalue weighted by Crippen LogP contribution is 2.20. The van der Waals surface area contributed by atoms with E-state index in [9.17, 15) is 0 Å². The predicted molar refractivity (Wildman–Crippen MR) is 81.1 cm³/mol. The minimum atomic E-state index is 0.169. The molecule has 0 aliphatic rings. The van der Waals surface area contributed by atoms with Crippen LogP contribution < -0.4 is 5.73 Å². The molecule has 0 spiro atoms. The van der Waals surface area contributed by atoms with Crippen molar-refractivity contribution < 1.29 is 0 Å². The topological polar surface area (TPSA) is 43.8 Å². The largest absolute Gasteiger partial charge is 0.328 e. The van der Waals surface area contributed by atoms with E-state index >= 15 is 0 Å². The highest BCUT2D eigenvalue weighted by Gasteiger charge is 2.19. The lowest BCUT2D eigenvalue weighted by Gasteiger charge is -2.23. The summed E-state index contributed by atoms with van der Waals surface area (Å²) in [5, 5.41) is 0. The molecular weight excluding hydrogens is 234 g/mol. The Balaban J connectivity index is 2.30. The third-order valence-corrected chi connectivity index (χ3v) is 4.20. The summed E-state index contributed by atoms with van der Waals surface area (Å²) in [5.74, 6) is 2.23. The molecule has 0 bridgehead atoms. The first-order chi connectivity index (χ1) is 9.04. The van der Waals surface area contributed by atoms with Crippen molar-refractivity contribution in [3.63, 3.8) is 0 Å². The van der Waals surface area contributed by atoms with Gasteiger partial charge >= 0.3 is 0 Å². The fraction of sp³-hybridized carbons (Fsp3) is 0.562. The van der Waals surface area contributed by atoms with Crippen LogP contribution in [-0.4, -0.2) is 15.6 Å². The van der Waals surface area contributed by atoms with Gasteiger partial charge in [-0.3, -0.25) is 0 Å². The van der Waals surface area contributed by atoms with Crippen LogP contribution in [0.4, 0.5) is 0 Å². The minimum Gasteiger partial charge on any atom is -0.328 e. The standard InChI is InChI=1S/C16H25N3/c1-5-19-15-9-7-6-8-14(15)18-16(19)10-13(17)12(4)11(2)3/h6-9,11-13H,5,10,17H2,1-4H3. The molecule has 2 N–H and O–H groups in total. The second kappa shape index (κ2) is 5.74. The Morgan fingerprint density at radius 3 is 2.53 bits per heavy atom. The summed E-state index contributed by atoms with van der Waals surface area (Å²) in [7, 11) is 0. The molecule has 1 aromatic heterocycles. The molecule has 3 heteroatoms. The molecule has 2 atom stereocenters. The van der Waals surface area contributed by atoms with Gasteiger partial charge in [0.1, 0.15) is 5.82 Å². The average Bonchev–Trinajstić information content (AvgIpc) is 2.74. The zero-order valence-corrected chi connectivity index (χ0v) is 12.4. The molecule has 0 aliphatic heterocycles. The first kappa shape index (κ1) is 14.1. The fourth-order valence-electron chi connectivity index (χ4n) is 2.53. The first-order valence-electron chi connectivity index (χ1n) is 7.24. The van der Waals surface area contributed by atoms with Gasteiger partial charge in [0, 0.05) is 19.0 Å². The average molecular weight is 259 g/mol. The monoisotopic (exact) mass is 259 g/mol. The zero-order chi connectivity index (χ0) is 14.0. The van der Waals surface area contributed by atoms with Gasteiger partial charge in [0.15, 0.2) is 0 Å². The van der Waals surface area contributed by atoms with Gasteiger partial charge in [-0.25, -0.2) is 4.98 Å². The smallest absolute Gasteiger partial charge is 0.111 e. The molecule has 3 nitrogen and oxygen atoms in total. The molecule has 2 aromatic rings. The number of hydrogen-bond donors (Lipinski definition) is 1. The van der Waals surface area contributed by atoms with Crippen molar-refractivity contribution in [3.05, 3.63) is 30.1 Å². The van der Waals surface area contributed by atoms with Gasteiger partial charge in [-0.1, -0.05) is 32.9 Å². The van der Waals surface area contributed by atoms with Crippen LogP contribution in [0.15, 0.2) is 24.3 Å². The molecular formula is C16H25N3. The lowest BCUT2D eigenvalue weighted by atomic mass is 9.89. The van der Waals surface area contributed by atoms with Crippen LogP contribution in [0, 0.1) is 11.8 Å². The van der Waals surface area contributed by atoms with E-state index in [1.165, 1.54) is 5.52 Å². The lowest BCUT2D eigenvalue weighted by Crippen LogP contribution is -2.34. The van der Waals surface area contributed by atoms with Gasteiger partial charge in [-0.15, -0.1) is 0 Å². The Hall–Kier alpha value is -1.35. The molecule has 104 valence electrons. The predicted octanol–water partition coefficient (Wildman–Crippen LogP) is 3.22. The van der Waals surface area contributed by atoms with E-state index in [4.69, 9.17) is 10.7 Å². The van der Waals surface area contributed by atoms with Crippen LogP contribution in [0.3, 0.4) is 0 Å². The molecule has 1 aromatic carbocycles. The lowest BCUT2D eigenvalue weighted by molar-refractivity contribution is 0.339. The summed E-state index contributed by atoms with van der Waals surface area (Å²) in [4.78, 5) is 4.75. The number of fused-ring (bicyclic) bond motifs is 1. The summed E-state index contributed by atoms with van der Waals surface area (Å²) >= 11 is 0. The molecule has 1 heterocycles. The number of nitrogens with zero attached hydrogens (tertiary/aromatic N) is 2. The number of nitrogens with two attached hydrogens (primary N) is 1. The van der Waals surface area contributed by atoms with Crippen LogP contribution in [0.25, 0.3) is 11.0 Å². The van der Waals surface area contributed by atoms with Crippen molar-refractivity contribution in [2.75, 3.05) is 0 Å². The number of para-hydroxylation sites is 2. The maximum absolute atomic E-state index is 6.34. The summed E-state index contributed by atoms with van der Waals surface area (Å²) in [6, 6.07) is 8.48. The Morgan fingerprint density at radius 2 is 1.89 bits per heavy atom. The highest BCUT2D eigenvalue weighted by atomic mass is 15.1. The van der Waals surface area contributed by atoms with E-state index in [2.05, 4.69) is 50.5 Å². The summed E-state index contributed by atoms with van der Waals surface area (Å²) in [6.45, 7) is 9.79. The van der Waals surface area contributed by atoms with E-state index in [1.807, 2.05) is 6.07 Å². The maximum atomic E-state index is 6.34. The van der Waals surface area contributed by atoms with E-state index < -0.39 is 0 Å². The summed E-state index contributed by atoms with van der Waals surface area (Å²) in [5.41, 5.74) is 8.63. The molecule has 0 radical (unpaired) electrons. The van der Waals surface area contributed by atoms with Crippen LogP contribution in [0.5, 0.6) is 0 Å². The van der Waals surface area contributed by atoms with E-state index in [-0.39, 0.29) is 6.04 Å². The quantitative estimate of drug-likeness (QED) is 0.896. The summed E-state index contributed by atoms with van der Waals surface area (Å²) < 4.78 is 2.28. The van der Waals surface area contributed by atoms with Gasteiger partial charge in [0.05, 0.1) is 11.0 Å². The number of benzene rings is 1. The molecule has 2 rings (SSSR count). The SMILES string of the molecule is CCn1c(CC(N)C(C)C(C)C)nc2ccccc21. The summed E-state index contributed by atoms with van der Waals surface area (Å²) in [6.07, 6.45) is 0.849. The Morgan fingerprint density at radius 1 is 1.21 bits per heavy atom. The molecule has 0 fully saturated rings. The second-order valence-corrected chi connectivity index (χ2v) is 5.73. The highest BCUT2D eigenvalue weighted by molar-refractivity contribution is 5.75. The number of aromatic nitrogens is 2. The fourth-order valence-corrected chi connectivity index (χ4v) is 2.53. The Kier molecular flexibility index (Phi) is 4.25. The van der Waals surface area contributed by atoms with Crippen molar-refractivity contribution in [2.24, 2.45) is 17.6 Å². The zero-order valence-electron chi connectivity index (χ0n) is 12.4. The van der Waals surface area contributed by atoms with Gasteiger partial charge in [0.25, 0.3) is 0 Å². The third-order valence-electron chi connectivity index (χ3n) is 4.20. The number of aryl methyl sites for hydroxylation is 1. The molecule has 0 aliphatic carbocycles. The van der Waals surface area contributed by atoms with Crippen molar-refractivity contribution in [2.45, 2.75) is 46.7 Å². The first-order valence-corrected chi connectivity index (χ1v) is 7.24. The molecule has 0 saturated carbocycles. The normalized spacial score (nSPS) is 15.1. The molecule has 2 unspecified atom stereocenters. The van der Waals surface area contributed by atoms with Gasteiger partial charge in [-0.2, -0.15) is 0 Å². The van der Waals surface area contributed by atoms with E-state index in [1.54, 1.807) is 0 Å². The number of rotatable bonds is 5. The number of hydrogen-bond acceptors (Lipinski definition) is 2. The van der Waals surface area contributed by atoms with Crippen molar-refractivity contribution in [1.29, 1.82) is 0 Å².